The number of nitrogens with zero attached hydrogens (tertiary/aromatic N) is 1. The third kappa shape index (κ3) is 1.73. The summed E-state index contributed by atoms with van der Waals surface area (Å²) in [6, 6.07) is 0. The lowest BCUT2D eigenvalue weighted by Crippen LogP contribution is -2.14. The molecule has 2 N–H and O–H groups in total. The highest BCUT2D eigenvalue weighted by atomic mass is 127. The summed E-state index contributed by atoms with van der Waals surface area (Å²) in [4.78, 5) is 0. The molecule has 2 nitrogen and oxygen atoms in total. The molecule has 1 aliphatic heterocycles. The Kier molecular flexibility index (Phi) is 2.91. The maximum Gasteiger partial charge on any atom is 0.0640 e. The molecule has 1 atom stereocenters. The minimum absolute atomic E-state index is 0.461. The molecule has 1 aliphatic carbocycles. The minimum atomic E-state index is 0.461. The highest BCUT2D eigenvalue weighted by Crippen LogP contribution is 2.44. The Morgan fingerprint density at radius 3 is 2.93 bits per heavy atom. The molecule has 0 bridgehead atoms. The molecule has 0 saturated heterocycles. The van der Waals surface area contributed by atoms with Crippen LogP contribution in [-0.4, -0.2) is 3.11 Å². The monoisotopic (exact) mass is 314 g/mol. The maximum absolute atomic E-state index is 5.89. The molecular formula is C12H15IN2. The van der Waals surface area contributed by atoms with Gasteiger partial charge in [-0.3, -0.25) is 3.11 Å². The number of hydrogen-bond acceptors (Lipinski definition) is 2. The number of halogens is 1. The van der Waals surface area contributed by atoms with Crippen LogP contribution in [0, 0.1) is 5.92 Å². The van der Waals surface area contributed by atoms with E-state index < -0.39 is 0 Å². The van der Waals surface area contributed by atoms with Crippen molar-refractivity contribution in [2.45, 2.75) is 20.3 Å². The Bertz CT molecular complexity index is 402. The second-order valence-corrected chi connectivity index (χ2v) is 4.88. The van der Waals surface area contributed by atoms with E-state index in [0.717, 1.165) is 12.1 Å². The van der Waals surface area contributed by atoms with Gasteiger partial charge in [0.1, 0.15) is 0 Å². The SMILES string of the molecule is C/C=C\C1=C(C)N(I)C2=CC=C(N)CC21. The molecule has 2 aliphatic rings. The van der Waals surface area contributed by atoms with E-state index in [2.05, 4.69) is 58.1 Å². The van der Waals surface area contributed by atoms with Crippen LogP contribution in [0.5, 0.6) is 0 Å². The Balaban J connectivity index is 2.42. The third-order valence-corrected chi connectivity index (χ3v) is 4.21. The summed E-state index contributed by atoms with van der Waals surface area (Å²) in [7, 11) is 0. The molecule has 0 radical (unpaired) electrons. The Morgan fingerprint density at radius 1 is 1.53 bits per heavy atom. The zero-order valence-corrected chi connectivity index (χ0v) is 11.2. The second-order valence-electron chi connectivity index (χ2n) is 3.91. The number of fused-ring (bicyclic) bond motifs is 1. The van der Waals surface area contributed by atoms with Gasteiger partial charge in [0.05, 0.1) is 22.9 Å². The van der Waals surface area contributed by atoms with Crippen LogP contribution >= 0.6 is 22.9 Å². The van der Waals surface area contributed by atoms with Crippen molar-refractivity contribution in [2.75, 3.05) is 0 Å². The van der Waals surface area contributed by atoms with Crippen LogP contribution in [0.1, 0.15) is 20.3 Å². The summed E-state index contributed by atoms with van der Waals surface area (Å²) >= 11 is 2.36. The first kappa shape index (κ1) is 10.8. The van der Waals surface area contributed by atoms with E-state index in [1.54, 1.807) is 0 Å². The standard InChI is InChI=1S/C12H15IN2/c1-3-4-10-8(2)15(13)12-6-5-9(14)7-11(10)12/h3-6,11H,7,14H2,1-2H3/b4-3-. The number of nitrogens with two attached hydrogens (primary N) is 1. The van der Waals surface area contributed by atoms with Gasteiger partial charge >= 0.3 is 0 Å². The van der Waals surface area contributed by atoms with Gasteiger partial charge in [-0.15, -0.1) is 0 Å². The van der Waals surface area contributed by atoms with E-state index in [0.29, 0.717) is 5.92 Å². The zero-order chi connectivity index (χ0) is 11.0. The molecule has 15 heavy (non-hydrogen) atoms. The third-order valence-electron chi connectivity index (χ3n) is 2.93. The van der Waals surface area contributed by atoms with Gasteiger partial charge in [-0.25, -0.2) is 0 Å². The summed E-state index contributed by atoms with van der Waals surface area (Å²) in [5, 5.41) is 0. The number of rotatable bonds is 1. The average Bonchev–Trinajstić information content (AvgIpc) is 2.44. The molecule has 0 aromatic carbocycles. The number of hydrogen-bond donors (Lipinski definition) is 1. The van der Waals surface area contributed by atoms with Gasteiger partial charge in [0.25, 0.3) is 0 Å². The molecular weight excluding hydrogens is 299 g/mol. The lowest BCUT2D eigenvalue weighted by Gasteiger charge is -2.21. The van der Waals surface area contributed by atoms with Crippen molar-refractivity contribution >= 4 is 22.9 Å². The van der Waals surface area contributed by atoms with Crippen LogP contribution in [0.3, 0.4) is 0 Å². The van der Waals surface area contributed by atoms with Gasteiger partial charge in [0.2, 0.25) is 0 Å². The molecule has 0 saturated carbocycles. The second kappa shape index (κ2) is 4.04. The first-order valence-corrected chi connectivity index (χ1v) is 6.07. The van der Waals surface area contributed by atoms with Crippen molar-refractivity contribution in [3.63, 3.8) is 0 Å². The van der Waals surface area contributed by atoms with Crippen molar-refractivity contribution in [3.8, 4) is 0 Å². The van der Waals surface area contributed by atoms with Crippen molar-refractivity contribution in [2.24, 2.45) is 11.7 Å². The van der Waals surface area contributed by atoms with E-state index in [1.807, 2.05) is 6.08 Å². The molecule has 0 aromatic heterocycles. The van der Waals surface area contributed by atoms with Gasteiger partial charge in [0, 0.05) is 23.0 Å². The predicted molar refractivity (Wildman–Crippen MR) is 71.8 cm³/mol. The molecule has 0 fully saturated rings. The van der Waals surface area contributed by atoms with Gasteiger partial charge in [0.15, 0.2) is 0 Å². The van der Waals surface area contributed by atoms with Crippen LogP contribution in [0.25, 0.3) is 0 Å². The Morgan fingerprint density at radius 2 is 2.27 bits per heavy atom. The largest absolute Gasteiger partial charge is 0.402 e. The van der Waals surface area contributed by atoms with E-state index >= 15 is 0 Å². The van der Waals surface area contributed by atoms with Crippen molar-refractivity contribution in [3.05, 3.63) is 47.0 Å². The Labute approximate surface area is 105 Å². The van der Waals surface area contributed by atoms with Gasteiger partial charge < -0.3 is 5.73 Å². The lowest BCUT2D eigenvalue weighted by molar-refractivity contribution is 0.645. The summed E-state index contributed by atoms with van der Waals surface area (Å²) in [6.45, 7) is 4.22. The molecule has 3 heteroatoms. The lowest BCUT2D eigenvalue weighted by atomic mass is 9.89. The van der Waals surface area contributed by atoms with E-state index in [-0.39, 0.29) is 0 Å². The molecule has 0 amide bonds. The first-order valence-electron chi connectivity index (χ1n) is 5.10. The molecule has 0 spiro atoms. The topological polar surface area (TPSA) is 29.3 Å². The smallest absolute Gasteiger partial charge is 0.0640 e. The quantitative estimate of drug-likeness (QED) is 0.595. The number of allylic oxidation sites excluding steroid dienone is 7. The molecule has 1 unspecified atom stereocenters. The van der Waals surface area contributed by atoms with Gasteiger partial charge in [-0.1, -0.05) is 12.2 Å². The van der Waals surface area contributed by atoms with Crippen LogP contribution in [0.2, 0.25) is 0 Å². The van der Waals surface area contributed by atoms with Crippen LogP contribution in [0.4, 0.5) is 0 Å². The summed E-state index contributed by atoms with van der Waals surface area (Å²) in [5.74, 6) is 0.461. The van der Waals surface area contributed by atoms with Crippen LogP contribution < -0.4 is 5.73 Å². The van der Waals surface area contributed by atoms with Gasteiger partial charge in [-0.05, 0) is 38.0 Å². The average molecular weight is 314 g/mol. The molecule has 2 rings (SSSR count). The summed E-state index contributed by atoms with van der Waals surface area (Å²) < 4.78 is 2.24. The van der Waals surface area contributed by atoms with E-state index in [4.69, 9.17) is 5.73 Å². The summed E-state index contributed by atoms with van der Waals surface area (Å²) in [6.07, 6.45) is 9.40. The molecule has 1 heterocycles. The van der Waals surface area contributed by atoms with Crippen molar-refractivity contribution in [1.29, 1.82) is 0 Å². The minimum Gasteiger partial charge on any atom is -0.402 e. The molecule has 80 valence electrons. The van der Waals surface area contributed by atoms with E-state index in [9.17, 15) is 0 Å². The normalized spacial score (nSPS) is 25.8. The highest BCUT2D eigenvalue weighted by molar-refractivity contribution is 14.1. The first-order chi connectivity index (χ1) is 7.15. The summed E-state index contributed by atoms with van der Waals surface area (Å²) in [5.41, 5.74) is 10.9. The van der Waals surface area contributed by atoms with Crippen molar-refractivity contribution < 1.29 is 0 Å². The van der Waals surface area contributed by atoms with Crippen molar-refractivity contribution in [1.82, 2.24) is 3.11 Å². The fraction of sp³-hybridized carbons (Fsp3) is 0.333. The van der Waals surface area contributed by atoms with Crippen LogP contribution in [0.15, 0.2) is 47.0 Å². The maximum atomic E-state index is 5.89. The predicted octanol–water partition coefficient (Wildman–Crippen LogP) is 3.25. The highest BCUT2D eigenvalue weighted by Gasteiger charge is 2.33. The zero-order valence-electron chi connectivity index (χ0n) is 9.00. The fourth-order valence-corrected chi connectivity index (χ4v) is 2.94. The van der Waals surface area contributed by atoms with Gasteiger partial charge in [-0.2, -0.15) is 0 Å². The van der Waals surface area contributed by atoms with E-state index in [1.165, 1.54) is 17.0 Å². The molecule has 0 aromatic rings. The fourth-order valence-electron chi connectivity index (χ4n) is 2.16. The van der Waals surface area contributed by atoms with Crippen LogP contribution in [-0.2, 0) is 0 Å². The Hall–Kier alpha value is -0.710.